The van der Waals surface area contributed by atoms with Crippen molar-refractivity contribution in [3.05, 3.63) is 65.8 Å². The maximum atomic E-state index is 16.4. The summed E-state index contributed by atoms with van der Waals surface area (Å²) in [5, 5.41) is 1.48. The predicted octanol–water partition coefficient (Wildman–Crippen LogP) is 5.60. The monoisotopic (exact) mass is 548 g/mol. The van der Waals surface area contributed by atoms with Crippen molar-refractivity contribution in [1.29, 1.82) is 0 Å². The first-order valence-electron chi connectivity index (χ1n) is 13.1. The van der Waals surface area contributed by atoms with Gasteiger partial charge in [0.15, 0.2) is 5.82 Å². The lowest BCUT2D eigenvalue weighted by Gasteiger charge is -2.47. The lowest BCUT2D eigenvalue weighted by atomic mass is 9.96. The molecule has 39 heavy (non-hydrogen) atoms. The summed E-state index contributed by atoms with van der Waals surface area (Å²) >= 11 is 6.35. The van der Waals surface area contributed by atoms with Gasteiger partial charge in [0.25, 0.3) is 0 Å². The van der Waals surface area contributed by atoms with E-state index in [0.29, 0.717) is 59.7 Å². The molecule has 2 aromatic heterocycles. The van der Waals surface area contributed by atoms with Gasteiger partial charge in [0.1, 0.15) is 22.8 Å². The van der Waals surface area contributed by atoms with Gasteiger partial charge in [-0.15, -0.1) is 0 Å². The van der Waals surface area contributed by atoms with E-state index in [0.717, 1.165) is 6.42 Å². The third-order valence-corrected chi connectivity index (χ3v) is 8.28. The summed E-state index contributed by atoms with van der Waals surface area (Å²) in [6.07, 6.45) is 3.70. The second kappa shape index (κ2) is 9.72. The molecule has 0 N–H and O–H groups in total. The average Bonchev–Trinajstić information content (AvgIpc) is 3.27. The van der Waals surface area contributed by atoms with Crippen LogP contribution in [0.4, 0.5) is 20.5 Å². The van der Waals surface area contributed by atoms with Gasteiger partial charge in [0.2, 0.25) is 11.9 Å². The van der Waals surface area contributed by atoms with Crippen molar-refractivity contribution in [3.63, 3.8) is 0 Å². The minimum atomic E-state index is -0.621. The zero-order valence-electron chi connectivity index (χ0n) is 21.7. The fraction of sp³-hybridized carbons (Fsp3) is 0.310. The molecule has 0 bridgehead atoms. The van der Waals surface area contributed by atoms with Crippen LogP contribution in [0.5, 0.6) is 0 Å². The van der Waals surface area contributed by atoms with E-state index in [9.17, 15) is 9.18 Å². The van der Waals surface area contributed by atoms with Crippen LogP contribution >= 0.6 is 11.6 Å². The second-order valence-electron chi connectivity index (χ2n) is 9.78. The first kappa shape index (κ1) is 25.4. The van der Waals surface area contributed by atoms with Gasteiger partial charge in [0, 0.05) is 43.3 Å². The van der Waals surface area contributed by atoms with E-state index in [-0.39, 0.29) is 34.2 Å². The largest absolute Gasteiger partial charge is 0.349 e. The Bertz CT molecular complexity index is 1640. The van der Waals surface area contributed by atoms with Crippen LogP contribution < -0.4 is 9.80 Å². The molecule has 10 heteroatoms. The lowest BCUT2D eigenvalue weighted by Crippen LogP contribution is -2.63. The van der Waals surface area contributed by atoms with Crippen molar-refractivity contribution in [3.8, 4) is 11.3 Å². The highest BCUT2D eigenvalue weighted by atomic mass is 35.5. The van der Waals surface area contributed by atoms with Crippen LogP contribution in [0.2, 0.25) is 5.02 Å². The van der Waals surface area contributed by atoms with E-state index in [2.05, 4.69) is 21.4 Å². The number of pyridine rings is 1. The smallest absolute Gasteiger partial charge is 0.246 e. The van der Waals surface area contributed by atoms with Gasteiger partial charge in [-0.2, -0.15) is 4.98 Å². The van der Waals surface area contributed by atoms with E-state index >= 15 is 4.39 Å². The SMILES string of the molecule is C=CC(=O)N1CC[C@@H]2[C@H]1CN2c1nc(N(CC)CC)nc2c(F)c(-c3cccc4ccc(F)c(Cl)c34)ncc12. The lowest BCUT2D eigenvalue weighted by molar-refractivity contribution is -0.127. The van der Waals surface area contributed by atoms with Gasteiger partial charge in [-0.1, -0.05) is 42.4 Å². The number of anilines is 2. The quantitative estimate of drug-likeness (QED) is 0.292. The molecule has 0 unspecified atom stereocenters. The molecule has 2 aromatic carbocycles. The molecule has 0 aliphatic carbocycles. The van der Waals surface area contributed by atoms with Gasteiger partial charge < -0.3 is 14.7 Å². The van der Waals surface area contributed by atoms with Crippen LogP contribution in [0.1, 0.15) is 20.3 Å². The molecule has 2 aliphatic rings. The molecule has 0 saturated carbocycles. The molecule has 0 radical (unpaired) electrons. The molecule has 4 heterocycles. The number of rotatable bonds is 6. The summed E-state index contributed by atoms with van der Waals surface area (Å²) in [6.45, 7) is 10.1. The molecule has 7 nitrogen and oxygen atoms in total. The number of halogens is 3. The minimum absolute atomic E-state index is 0.0425. The number of hydrogen-bond acceptors (Lipinski definition) is 6. The van der Waals surface area contributed by atoms with E-state index in [1.165, 1.54) is 12.1 Å². The fourth-order valence-electron chi connectivity index (χ4n) is 5.85. The van der Waals surface area contributed by atoms with E-state index in [4.69, 9.17) is 16.6 Å². The van der Waals surface area contributed by atoms with Gasteiger partial charge in [-0.05, 0) is 37.8 Å². The number of hydrogen-bond donors (Lipinski definition) is 0. The zero-order valence-corrected chi connectivity index (χ0v) is 22.4. The highest BCUT2D eigenvalue weighted by Crippen LogP contribution is 2.41. The summed E-state index contributed by atoms with van der Waals surface area (Å²) in [6, 6.07) is 8.27. The Morgan fingerprint density at radius 2 is 1.97 bits per heavy atom. The van der Waals surface area contributed by atoms with Crippen molar-refractivity contribution in [2.24, 2.45) is 0 Å². The van der Waals surface area contributed by atoms with E-state index < -0.39 is 11.6 Å². The molecule has 6 rings (SSSR count). The molecule has 0 spiro atoms. The summed E-state index contributed by atoms with van der Waals surface area (Å²) in [4.78, 5) is 32.2. The van der Waals surface area contributed by atoms with Crippen LogP contribution in [0, 0.1) is 11.6 Å². The van der Waals surface area contributed by atoms with Gasteiger partial charge in [0.05, 0.1) is 22.5 Å². The van der Waals surface area contributed by atoms with Crippen LogP contribution in [-0.2, 0) is 4.79 Å². The second-order valence-corrected chi connectivity index (χ2v) is 10.2. The number of aromatic nitrogens is 3. The van der Waals surface area contributed by atoms with Crippen molar-refractivity contribution < 1.29 is 13.6 Å². The first-order chi connectivity index (χ1) is 18.9. The summed E-state index contributed by atoms with van der Waals surface area (Å²) in [7, 11) is 0. The summed E-state index contributed by atoms with van der Waals surface area (Å²) in [5.41, 5.74) is 0.567. The number of amides is 1. The third kappa shape index (κ3) is 3.90. The fourth-order valence-corrected chi connectivity index (χ4v) is 6.12. The van der Waals surface area contributed by atoms with Crippen LogP contribution in [0.25, 0.3) is 32.9 Å². The maximum absolute atomic E-state index is 16.4. The topological polar surface area (TPSA) is 65.5 Å². The third-order valence-electron chi connectivity index (χ3n) is 7.91. The van der Waals surface area contributed by atoms with Crippen LogP contribution in [-0.4, -0.2) is 64.0 Å². The molecule has 2 fully saturated rings. The molecule has 2 aliphatic heterocycles. The minimum Gasteiger partial charge on any atom is -0.349 e. The molecular weight excluding hydrogens is 522 g/mol. The Morgan fingerprint density at radius 3 is 2.72 bits per heavy atom. The Kier molecular flexibility index (Phi) is 6.33. The zero-order chi connectivity index (χ0) is 27.4. The molecule has 1 amide bonds. The summed E-state index contributed by atoms with van der Waals surface area (Å²) < 4.78 is 30.8. The van der Waals surface area contributed by atoms with E-state index in [1.54, 1.807) is 30.5 Å². The number of fused-ring (bicyclic) bond motifs is 3. The number of carbonyl (C=O) groups is 1. The Hall–Kier alpha value is -3.85. The van der Waals surface area contributed by atoms with Crippen molar-refractivity contribution in [2.75, 3.05) is 36.0 Å². The number of carbonyl (C=O) groups excluding carboxylic acids is 1. The highest BCUT2D eigenvalue weighted by Gasteiger charge is 2.49. The van der Waals surface area contributed by atoms with E-state index in [1.807, 2.05) is 23.6 Å². The first-order valence-corrected chi connectivity index (χ1v) is 13.4. The van der Waals surface area contributed by atoms with Gasteiger partial charge in [-0.25, -0.2) is 13.8 Å². The molecule has 200 valence electrons. The average molecular weight is 549 g/mol. The normalized spacial score (nSPS) is 18.4. The molecular formula is C29H27ClF2N6O. The summed E-state index contributed by atoms with van der Waals surface area (Å²) in [5.74, 6) is -0.276. The van der Waals surface area contributed by atoms with Gasteiger partial charge >= 0.3 is 0 Å². The molecule has 2 atom stereocenters. The molecule has 2 saturated heterocycles. The number of benzene rings is 2. The van der Waals surface area contributed by atoms with Crippen molar-refractivity contribution >= 4 is 50.9 Å². The molecule has 4 aromatic rings. The van der Waals surface area contributed by atoms with Crippen LogP contribution in [0.15, 0.2) is 49.2 Å². The van der Waals surface area contributed by atoms with Gasteiger partial charge in [-0.3, -0.25) is 9.78 Å². The standard InChI is InChI=1S/C29H27ClF2N6O/c1-4-22(39)37-13-12-20-21(37)15-38(20)28-18-14-33-26(25(32)27(18)34-29(35-28)36(5-2)6-3)17-9-7-8-16-10-11-19(31)24(30)23(16)17/h4,7-11,14,20-21H,1,5-6,12-13,15H2,2-3H3/t20-,21-/m1/s1. The van der Waals surface area contributed by atoms with Crippen LogP contribution in [0.3, 0.4) is 0 Å². The number of likely N-dealkylation sites (tertiary alicyclic amines) is 1. The van der Waals surface area contributed by atoms with Crippen molar-refractivity contribution in [1.82, 2.24) is 19.9 Å². The Morgan fingerprint density at radius 1 is 1.18 bits per heavy atom. The Balaban J connectivity index is 1.52. The van der Waals surface area contributed by atoms with Crippen molar-refractivity contribution in [2.45, 2.75) is 32.4 Å². The maximum Gasteiger partial charge on any atom is 0.246 e. The predicted molar refractivity (Wildman–Crippen MR) is 150 cm³/mol. The number of nitrogens with zero attached hydrogens (tertiary/aromatic N) is 6. The highest BCUT2D eigenvalue weighted by molar-refractivity contribution is 6.36. The Labute approximate surface area is 229 Å².